The standard InChI is InChI=1S/C16H18N2O3/c19-16(20)8-2-1-5-11-17-14-9-10-15(18-21)13-7-4-3-6-12(13)14/h3-4,6-7,9-10,17H,1-2,5,8,11H2,(H,19,20). The number of nitrogens with zero attached hydrogens (tertiary/aromatic N) is 1. The van der Waals surface area contributed by atoms with Crippen molar-refractivity contribution in [3.8, 4) is 0 Å². The van der Waals surface area contributed by atoms with Gasteiger partial charge >= 0.3 is 5.97 Å². The maximum atomic E-state index is 10.8. The first-order valence-electron chi connectivity index (χ1n) is 7.03. The molecule has 0 fully saturated rings. The van der Waals surface area contributed by atoms with Gasteiger partial charge in [0.15, 0.2) is 0 Å². The monoisotopic (exact) mass is 286 g/mol. The second-order valence-electron chi connectivity index (χ2n) is 4.90. The van der Waals surface area contributed by atoms with E-state index in [0.29, 0.717) is 12.1 Å². The SMILES string of the molecule is O=Nc1ccc(NCCCCCC(=O)O)c2ccccc12. The molecule has 0 aliphatic rings. The van der Waals surface area contributed by atoms with Crippen LogP contribution in [0.15, 0.2) is 41.6 Å². The van der Waals surface area contributed by atoms with Gasteiger partial charge in [0.1, 0.15) is 5.69 Å². The molecule has 0 atom stereocenters. The Morgan fingerprint density at radius 3 is 2.52 bits per heavy atom. The van der Waals surface area contributed by atoms with Crippen LogP contribution < -0.4 is 5.32 Å². The van der Waals surface area contributed by atoms with Crippen molar-refractivity contribution in [2.45, 2.75) is 25.7 Å². The van der Waals surface area contributed by atoms with Crippen molar-refractivity contribution in [2.75, 3.05) is 11.9 Å². The number of nitrogens with one attached hydrogen (secondary N) is 1. The number of carboxylic acid groups (broad SMARTS) is 1. The predicted molar refractivity (Wildman–Crippen MR) is 84.0 cm³/mol. The molecule has 5 nitrogen and oxygen atoms in total. The molecular formula is C16H18N2O3. The summed E-state index contributed by atoms with van der Waals surface area (Å²) in [5, 5.41) is 16.8. The molecule has 0 aliphatic carbocycles. The minimum Gasteiger partial charge on any atom is -0.481 e. The molecule has 0 bridgehead atoms. The van der Waals surface area contributed by atoms with Gasteiger partial charge in [-0.3, -0.25) is 4.79 Å². The fourth-order valence-electron chi connectivity index (χ4n) is 2.32. The fraction of sp³-hybridized carbons (Fsp3) is 0.312. The number of rotatable bonds is 8. The van der Waals surface area contributed by atoms with E-state index >= 15 is 0 Å². The zero-order chi connectivity index (χ0) is 15.1. The van der Waals surface area contributed by atoms with Gasteiger partial charge in [-0.05, 0) is 30.2 Å². The van der Waals surface area contributed by atoms with Gasteiger partial charge in [0.25, 0.3) is 0 Å². The maximum absolute atomic E-state index is 10.8. The Morgan fingerprint density at radius 2 is 1.81 bits per heavy atom. The first-order valence-corrected chi connectivity index (χ1v) is 7.03. The third-order valence-electron chi connectivity index (χ3n) is 3.38. The van der Waals surface area contributed by atoms with E-state index < -0.39 is 5.97 Å². The third-order valence-corrected chi connectivity index (χ3v) is 3.38. The summed E-state index contributed by atoms with van der Waals surface area (Å²) in [6.45, 7) is 0.775. The molecule has 21 heavy (non-hydrogen) atoms. The molecule has 0 unspecified atom stereocenters. The lowest BCUT2D eigenvalue weighted by atomic mass is 10.1. The van der Waals surface area contributed by atoms with E-state index in [9.17, 15) is 9.70 Å². The molecule has 0 saturated heterocycles. The van der Waals surface area contributed by atoms with Crippen LogP contribution in [0.25, 0.3) is 10.8 Å². The number of hydrogen-bond donors (Lipinski definition) is 2. The van der Waals surface area contributed by atoms with Crippen LogP contribution in [0.5, 0.6) is 0 Å². The van der Waals surface area contributed by atoms with Crippen LogP contribution in [0.2, 0.25) is 0 Å². The zero-order valence-electron chi connectivity index (χ0n) is 11.7. The fourth-order valence-corrected chi connectivity index (χ4v) is 2.32. The van der Waals surface area contributed by atoms with Crippen LogP contribution in [0.3, 0.4) is 0 Å². The molecule has 2 rings (SSSR count). The summed E-state index contributed by atoms with van der Waals surface area (Å²) in [7, 11) is 0. The molecule has 0 amide bonds. The van der Waals surface area contributed by atoms with E-state index in [2.05, 4.69) is 10.5 Å². The van der Waals surface area contributed by atoms with Gasteiger partial charge in [0.05, 0.1) is 0 Å². The van der Waals surface area contributed by atoms with Gasteiger partial charge in [-0.25, -0.2) is 0 Å². The Morgan fingerprint density at radius 1 is 1.05 bits per heavy atom. The van der Waals surface area contributed by atoms with Gasteiger partial charge < -0.3 is 10.4 Å². The quantitative estimate of drug-likeness (QED) is 0.560. The number of anilines is 1. The van der Waals surface area contributed by atoms with E-state index in [1.54, 1.807) is 6.07 Å². The van der Waals surface area contributed by atoms with Gasteiger partial charge in [0, 0.05) is 29.4 Å². The molecule has 0 aromatic heterocycles. The molecule has 0 spiro atoms. The number of hydrogen-bond acceptors (Lipinski definition) is 4. The molecule has 5 heteroatoms. The van der Waals surface area contributed by atoms with Gasteiger partial charge in [0.2, 0.25) is 0 Å². The third kappa shape index (κ3) is 4.02. The van der Waals surface area contributed by atoms with E-state index in [1.807, 2.05) is 30.3 Å². The number of unbranched alkanes of at least 4 members (excludes halogenated alkanes) is 2. The van der Waals surface area contributed by atoms with Crippen LogP contribution in [-0.2, 0) is 4.79 Å². The highest BCUT2D eigenvalue weighted by molar-refractivity contribution is 6.00. The highest BCUT2D eigenvalue weighted by atomic mass is 16.4. The van der Waals surface area contributed by atoms with Crippen molar-refractivity contribution in [1.29, 1.82) is 0 Å². The summed E-state index contributed by atoms with van der Waals surface area (Å²) in [4.78, 5) is 21.2. The summed E-state index contributed by atoms with van der Waals surface area (Å²) in [5.74, 6) is -0.745. The molecule has 0 heterocycles. The van der Waals surface area contributed by atoms with Crippen LogP contribution in [0.1, 0.15) is 25.7 Å². The topological polar surface area (TPSA) is 78.8 Å². The lowest BCUT2D eigenvalue weighted by Gasteiger charge is -2.10. The largest absolute Gasteiger partial charge is 0.481 e. The van der Waals surface area contributed by atoms with Gasteiger partial charge in [-0.1, -0.05) is 30.7 Å². The summed E-state index contributed by atoms with van der Waals surface area (Å²) < 4.78 is 0. The Balaban J connectivity index is 1.96. The number of fused-ring (bicyclic) bond motifs is 1. The summed E-state index contributed by atoms with van der Waals surface area (Å²) in [6.07, 6.45) is 2.72. The number of nitroso groups, excluding NO2 is 1. The molecule has 2 aromatic carbocycles. The second kappa shape index (κ2) is 7.38. The highest BCUT2D eigenvalue weighted by Gasteiger charge is 2.05. The molecular weight excluding hydrogens is 268 g/mol. The summed E-state index contributed by atoms with van der Waals surface area (Å²) in [6, 6.07) is 11.2. The lowest BCUT2D eigenvalue weighted by molar-refractivity contribution is -0.137. The Kier molecular flexibility index (Phi) is 5.26. The molecule has 2 N–H and O–H groups in total. The van der Waals surface area contributed by atoms with Crippen molar-refractivity contribution in [1.82, 2.24) is 0 Å². The summed E-state index contributed by atoms with van der Waals surface area (Å²) >= 11 is 0. The molecule has 0 saturated carbocycles. The van der Waals surface area contributed by atoms with Gasteiger partial charge in [-0.15, -0.1) is 4.91 Å². The normalized spacial score (nSPS) is 10.5. The number of carbonyl (C=O) groups is 1. The average molecular weight is 286 g/mol. The van der Waals surface area contributed by atoms with Gasteiger partial charge in [-0.2, -0.15) is 0 Å². The predicted octanol–water partition coefficient (Wildman–Crippen LogP) is 4.29. The smallest absolute Gasteiger partial charge is 0.303 e. The average Bonchev–Trinajstić information content (AvgIpc) is 2.50. The Labute approximate surface area is 123 Å². The highest BCUT2D eigenvalue weighted by Crippen LogP contribution is 2.31. The Hall–Kier alpha value is -2.43. The number of carboxylic acids is 1. The number of aliphatic carboxylic acids is 1. The summed E-state index contributed by atoms with van der Waals surface area (Å²) in [5.41, 5.74) is 1.41. The zero-order valence-corrected chi connectivity index (χ0v) is 11.7. The minimum absolute atomic E-state index is 0.225. The maximum Gasteiger partial charge on any atom is 0.303 e. The van der Waals surface area contributed by atoms with Crippen LogP contribution in [-0.4, -0.2) is 17.6 Å². The Bertz CT molecular complexity index is 640. The molecule has 110 valence electrons. The van der Waals surface area contributed by atoms with Crippen molar-refractivity contribution in [3.63, 3.8) is 0 Å². The van der Waals surface area contributed by atoms with Crippen molar-refractivity contribution >= 4 is 28.1 Å². The lowest BCUT2D eigenvalue weighted by Crippen LogP contribution is -2.02. The van der Waals surface area contributed by atoms with Crippen molar-refractivity contribution in [3.05, 3.63) is 41.3 Å². The molecule has 0 radical (unpaired) electrons. The van der Waals surface area contributed by atoms with Crippen LogP contribution in [0, 0.1) is 4.91 Å². The number of benzene rings is 2. The van der Waals surface area contributed by atoms with E-state index in [-0.39, 0.29) is 6.42 Å². The van der Waals surface area contributed by atoms with Crippen LogP contribution >= 0.6 is 0 Å². The second-order valence-corrected chi connectivity index (χ2v) is 4.90. The first-order chi connectivity index (χ1) is 10.2. The van der Waals surface area contributed by atoms with Crippen LogP contribution in [0.4, 0.5) is 11.4 Å². The van der Waals surface area contributed by atoms with E-state index in [1.165, 1.54) is 0 Å². The van der Waals surface area contributed by atoms with Crippen molar-refractivity contribution < 1.29 is 9.90 Å². The molecule has 2 aromatic rings. The minimum atomic E-state index is -0.745. The molecule has 0 aliphatic heterocycles. The van der Waals surface area contributed by atoms with Crippen molar-refractivity contribution in [2.24, 2.45) is 5.18 Å². The van der Waals surface area contributed by atoms with E-state index in [4.69, 9.17) is 5.11 Å². The van der Waals surface area contributed by atoms with E-state index in [0.717, 1.165) is 35.8 Å². The first kappa shape index (κ1) is 15.0.